The van der Waals surface area contributed by atoms with Gasteiger partial charge in [-0.15, -0.1) is 0 Å². The Morgan fingerprint density at radius 2 is 1.95 bits per heavy atom. The molecule has 2 rings (SSSR count). The summed E-state index contributed by atoms with van der Waals surface area (Å²) in [6.45, 7) is 2.03. The lowest BCUT2D eigenvalue weighted by Crippen LogP contribution is -2.24. The van der Waals surface area contributed by atoms with E-state index in [1.807, 2.05) is 6.92 Å². The molecule has 1 unspecified atom stereocenters. The minimum Gasteiger partial charge on any atom is -0.258 e. The van der Waals surface area contributed by atoms with Gasteiger partial charge in [-0.05, 0) is 37.3 Å². The van der Waals surface area contributed by atoms with Crippen molar-refractivity contribution < 1.29 is 13.3 Å². The van der Waals surface area contributed by atoms with Gasteiger partial charge in [0, 0.05) is 17.8 Å². The van der Waals surface area contributed by atoms with Crippen LogP contribution in [-0.2, 0) is 10.0 Å². The lowest BCUT2D eigenvalue weighted by molar-refractivity contribution is -0.384. The van der Waals surface area contributed by atoms with Crippen LogP contribution in [0, 0.1) is 16.0 Å². The zero-order chi connectivity index (χ0) is 15.5. The molecule has 8 heteroatoms. The molecular formula is C13H17N3O4S. The van der Waals surface area contributed by atoms with Crippen molar-refractivity contribution in [2.45, 2.75) is 37.5 Å². The predicted octanol–water partition coefficient (Wildman–Crippen LogP) is 2.44. The van der Waals surface area contributed by atoms with E-state index in [9.17, 15) is 18.5 Å². The highest BCUT2D eigenvalue weighted by Gasteiger charge is 2.19. The Hall–Kier alpha value is -1.96. The van der Waals surface area contributed by atoms with Crippen molar-refractivity contribution in [3.63, 3.8) is 0 Å². The molecule has 1 aromatic rings. The third kappa shape index (κ3) is 3.78. The SMILES string of the molecule is CC1CCCC/C1=N/NS(=O)(=O)c1ccc([N+](=O)[O-])cc1. The molecule has 0 amide bonds. The zero-order valence-corrected chi connectivity index (χ0v) is 12.5. The monoisotopic (exact) mass is 311 g/mol. The van der Waals surface area contributed by atoms with Crippen LogP contribution in [0.5, 0.6) is 0 Å². The van der Waals surface area contributed by atoms with Crippen LogP contribution in [0.4, 0.5) is 5.69 Å². The van der Waals surface area contributed by atoms with Gasteiger partial charge >= 0.3 is 0 Å². The highest BCUT2D eigenvalue weighted by atomic mass is 32.2. The van der Waals surface area contributed by atoms with Gasteiger partial charge in [0.05, 0.1) is 9.82 Å². The van der Waals surface area contributed by atoms with E-state index in [0.29, 0.717) is 0 Å². The summed E-state index contributed by atoms with van der Waals surface area (Å²) in [7, 11) is -3.79. The number of rotatable bonds is 4. The van der Waals surface area contributed by atoms with Crippen LogP contribution in [0.3, 0.4) is 0 Å². The van der Waals surface area contributed by atoms with Gasteiger partial charge in [-0.2, -0.15) is 13.5 Å². The summed E-state index contributed by atoms with van der Waals surface area (Å²) in [6, 6.07) is 4.71. The Morgan fingerprint density at radius 1 is 1.29 bits per heavy atom. The first-order valence-corrected chi connectivity index (χ1v) is 8.21. The maximum atomic E-state index is 12.1. The first-order chi connectivity index (χ1) is 9.90. The summed E-state index contributed by atoms with van der Waals surface area (Å²) in [6.07, 6.45) is 3.96. The number of nitro benzene ring substituents is 1. The average molecular weight is 311 g/mol. The number of sulfonamides is 1. The molecule has 0 saturated heterocycles. The second-order valence-corrected chi connectivity index (χ2v) is 6.76. The van der Waals surface area contributed by atoms with Crippen molar-refractivity contribution in [3.05, 3.63) is 34.4 Å². The third-order valence-electron chi connectivity index (χ3n) is 3.56. The van der Waals surface area contributed by atoms with Crippen molar-refractivity contribution in [2.24, 2.45) is 11.0 Å². The summed E-state index contributed by atoms with van der Waals surface area (Å²) >= 11 is 0. The molecule has 114 valence electrons. The number of benzene rings is 1. The van der Waals surface area contributed by atoms with E-state index in [1.54, 1.807) is 0 Å². The lowest BCUT2D eigenvalue weighted by Gasteiger charge is -2.19. The molecule has 7 nitrogen and oxygen atoms in total. The molecule has 21 heavy (non-hydrogen) atoms. The fourth-order valence-electron chi connectivity index (χ4n) is 2.25. The summed E-state index contributed by atoms with van der Waals surface area (Å²) in [5.74, 6) is 0.276. The van der Waals surface area contributed by atoms with Gasteiger partial charge in [0.15, 0.2) is 0 Å². The Labute approximate surface area is 123 Å². The number of nitrogens with zero attached hydrogens (tertiary/aromatic N) is 2. The first kappa shape index (κ1) is 15.4. The third-order valence-corrected chi connectivity index (χ3v) is 4.78. The molecule has 0 aromatic heterocycles. The number of hydrazone groups is 1. The summed E-state index contributed by atoms with van der Waals surface area (Å²) in [4.78, 5) is 12.1. The van der Waals surface area contributed by atoms with E-state index in [4.69, 9.17) is 0 Å². The van der Waals surface area contributed by atoms with Gasteiger partial charge < -0.3 is 0 Å². The number of hydrogen-bond acceptors (Lipinski definition) is 5. The molecular weight excluding hydrogens is 294 g/mol. The van der Waals surface area contributed by atoms with Crippen LogP contribution < -0.4 is 4.83 Å². The zero-order valence-electron chi connectivity index (χ0n) is 11.7. The summed E-state index contributed by atoms with van der Waals surface area (Å²) in [5.41, 5.74) is 0.702. The van der Waals surface area contributed by atoms with E-state index < -0.39 is 14.9 Å². The number of nitro groups is 1. The normalized spacial score (nSPS) is 21.2. The highest BCUT2D eigenvalue weighted by molar-refractivity contribution is 7.89. The van der Waals surface area contributed by atoms with Crippen LogP contribution in [-0.4, -0.2) is 19.1 Å². The number of non-ortho nitro benzene ring substituents is 1. The van der Waals surface area contributed by atoms with Gasteiger partial charge in [-0.3, -0.25) is 10.1 Å². The second-order valence-electron chi connectivity index (χ2n) is 5.10. The average Bonchev–Trinajstić information content (AvgIpc) is 2.46. The molecule has 1 aromatic carbocycles. The van der Waals surface area contributed by atoms with Crippen molar-refractivity contribution in [2.75, 3.05) is 0 Å². The molecule has 0 radical (unpaired) electrons. The molecule has 1 aliphatic rings. The van der Waals surface area contributed by atoms with E-state index in [2.05, 4.69) is 9.93 Å². The van der Waals surface area contributed by atoms with Gasteiger partial charge in [0.1, 0.15) is 0 Å². The molecule has 1 fully saturated rings. The minimum atomic E-state index is -3.79. The van der Waals surface area contributed by atoms with Gasteiger partial charge in [-0.25, -0.2) is 4.83 Å². The smallest absolute Gasteiger partial charge is 0.258 e. The molecule has 0 aliphatic heterocycles. The van der Waals surface area contributed by atoms with Crippen molar-refractivity contribution in [1.29, 1.82) is 0 Å². The van der Waals surface area contributed by atoms with E-state index >= 15 is 0 Å². The fourth-order valence-corrected chi connectivity index (χ4v) is 3.09. The first-order valence-electron chi connectivity index (χ1n) is 6.73. The van der Waals surface area contributed by atoms with Gasteiger partial charge in [-0.1, -0.05) is 13.3 Å². The standard InChI is InChI=1S/C13H17N3O4S/c1-10-4-2-3-5-13(10)14-15-21(19,20)12-8-6-11(7-9-12)16(17)18/h6-10,15H,2-5H2,1H3/b14-13-. The molecule has 1 saturated carbocycles. The van der Waals surface area contributed by atoms with Crippen LogP contribution in [0.1, 0.15) is 32.6 Å². The highest BCUT2D eigenvalue weighted by Crippen LogP contribution is 2.21. The Balaban J connectivity index is 2.14. The molecule has 1 aliphatic carbocycles. The Morgan fingerprint density at radius 3 is 2.52 bits per heavy atom. The number of nitrogens with one attached hydrogen (secondary N) is 1. The molecule has 0 bridgehead atoms. The maximum Gasteiger partial charge on any atom is 0.276 e. The molecule has 0 heterocycles. The van der Waals surface area contributed by atoms with Crippen molar-refractivity contribution in [3.8, 4) is 0 Å². The minimum absolute atomic E-state index is 0.0408. The molecule has 0 spiro atoms. The van der Waals surface area contributed by atoms with E-state index in [1.165, 1.54) is 12.1 Å². The molecule has 1 atom stereocenters. The largest absolute Gasteiger partial charge is 0.276 e. The Kier molecular flexibility index (Phi) is 4.56. The quantitative estimate of drug-likeness (QED) is 0.681. The van der Waals surface area contributed by atoms with Crippen molar-refractivity contribution in [1.82, 2.24) is 4.83 Å². The topological polar surface area (TPSA) is 102 Å². The molecule has 1 N–H and O–H groups in total. The van der Waals surface area contributed by atoms with Crippen LogP contribution in [0.15, 0.2) is 34.3 Å². The predicted molar refractivity (Wildman–Crippen MR) is 78.5 cm³/mol. The van der Waals surface area contributed by atoms with Gasteiger partial charge in [0.2, 0.25) is 0 Å². The lowest BCUT2D eigenvalue weighted by atomic mass is 9.89. The maximum absolute atomic E-state index is 12.1. The van der Waals surface area contributed by atoms with Gasteiger partial charge in [0.25, 0.3) is 15.7 Å². The Bertz CT molecular complexity index is 652. The van der Waals surface area contributed by atoms with E-state index in [-0.39, 0.29) is 16.5 Å². The van der Waals surface area contributed by atoms with Crippen molar-refractivity contribution >= 4 is 21.4 Å². The van der Waals surface area contributed by atoms with E-state index in [0.717, 1.165) is 43.5 Å². The fraction of sp³-hybridized carbons (Fsp3) is 0.462. The second kappa shape index (κ2) is 6.21. The van der Waals surface area contributed by atoms with Crippen LogP contribution >= 0.6 is 0 Å². The van der Waals surface area contributed by atoms with Crippen LogP contribution in [0.2, 0.25) is 0 Å². The summed E-state index contributed by atoms with van der Waals surface area (Å²) < 4.78 is 24.1. The summed E-state index contributed by atoms with van der Waals surface area (Å²) in [5, 5.41) is 14.6. The van der Waals surface area contributed by atoms with Crippen LogP contribution in [0.25, 0.3) is 0 Å². The number of hydrogen-bond donors (Lipinski definition) is 1.